The first kappa shape index (κ1) is 20.5. The van der Waals surface area contributed by atoms with Crippen LogP contribution in [0.4, 0.5) is 10.5 Å². The maximum Gasteiger partial charge on any atom is 0.318 e. The number of ether oxygens (including phenoxy) is 1. The van der Waals surface area contributed by atoms with Gasteiger partial charge in [-0.3, -0.25) is 0 Å². The molecule has 160 valence electrons. The van der Waals surface area contributed by atoms with Crippen LogP contribution in [0, 0.1) is 5.92 Å². The van der Waals surface area contributed by atoms with E-state index >= 15 is 0 Å². The lowest BCUT2D eigenvalue weighted by molar-refractivity contribution is 0.159. The average Bonchev–Trinajstić information content (AvgIpc) is 3.18. The van der Waals surface area contributed by atoms with Gasteiger partial charge in [0, 0.05) is 31.2 Å². The summed E-state index contributed by atoms with van der Waals surface area (Å²) in [4.78, 5) is 17.1. The molecule has 2 heterocycles. The number of methoxy groups -OCH3 is 1. The molecule has 1 saturated heterocycles. The highest BCUT2D eigenvalue weighted by Gasteiger charge is 2.47. The third kappa shape index (κ3) is 3.49. The molecule has 3 atom stereocenters. The highest BCUT2D eigenvalue weighted by Crippen LogP contribution is 2.49. The third-order valence-corrected chi connectivity index (χ3v) is 6.45. The summed E-state index contributed by atoms with van der Waals surface area (Å²) in [5.74, 6) is 1.03. The number of likely N-dealkylation sites (tertiary alicyclic amines) is 1. The van der Waals surface area contributed by atoms with Crippen molar-refractivity contribution in [3.05, 3.63) is 48.0 Å². The number of carbonyl (C=O) groups is 1. The van der Waals surface area contributed by atoms with Crippen molar-refractivity contribution in [1.82, 2.24) is 10.2 Å². The van der Waals surface area contributed by atoms with Crippen LogP contribution in [0.5, 0.6) is 5.75 Å². The molecule has 0 aromatic heterocycles. The Hall–Kier alpha value is -2.73. The van der Waals surface area contributed by atoms with Gasteiger partial charge in [0.05, 0.1) is 25.8 Å². The van der Waals surface area contributed by atoms with Gasteiger partial charge in [-0.25, -0.2) is 4.79 Å². The lowest BCUT2D eigenvalue weighted by atomic mass is 9.81. The second-order valence-corrected chi connectivity index (χ2v) is 8.56. The van der Waals surface area contributed by atoms with Gasteiger partial charge < -0.3 is 25.0 Å². The normalized spacial score (nSPS) is 22.7. The van der Waals surface area contributed by atoms with Crippen LogP contribution in [0.15, 0.2) is 42.5 Å². The van der Waals surface area contributed by atoms with Gasteiger partial charge in [-0.2, -0.15) is 0 Å². The summed E-state index contributed by atoms with van der Waals surface area (Å²) in [6.45, 7) is 4.74. The number of hydrogen-bond donors (Lipinski definition) is 2. The summed E-state index contributed by atoms with van der Waals surface area (Å²) in [5.41, 5.74) is 4.45. The van der Waals surface area contributed by atoms with E-state index in [9.17, 15) is 9.90 Å². The van der Waals surface area contributed by atoms with Gasteiger partial charge in [-0.05, 0) is 61.2 Å². The highest BCUT2D eigenvalue weighted by atomic mass is 16.5. The summed E-state index contributed by atoms with van der Waals surface area (Å²) in [5, 5.41) is 13.2. The van der Waals surface area contributed by atoms with Crippen molar-refractivity contribution >= 4 is 11.7 Å². The molecule has 2 aromatic carbocycles. The van der Waals surface area contributed by atoms with Gasteiger partial charge in [-0.1, -0.05) is 18.2 Å². The van der Waals surface area contributed by atoms with Crippen molar-refractivity contribution in [3.63, 3.8) is 0 Å². The Balaban J connectivity index is 1.76. The summed E-state index contributed by atoms with van der Waals surface area (Å²) in [6.07, 6.45) is 0.887. The number of likely N-dealkylation sites (N-methyl/N-ethyl adjacent to an activating group) is 1. The van der Waals surface area contributed by atoms with Crippen LogP contribution in [-0.2, 0) is 0 Å². The molecule has 0 unspecified atom stereocenters. The Bertz CT molecular complexity index is 912. The third-order valence-electron chi connectivity index (χ3n) is 6.45. The van der Waals surface area contributed by atoms with Crippen molar-refractivity contribution in [2.24, 2.45) is 5.92 Å². The van der Waals surface area contributed by atoms with Crippen LogP contribution in [0.1, 0.15) is 31.9 Å². The Kier molecular flexibility index (Phi) is 5.60. The van der Waals surface area contributed by atoms with E-state index in [0.29, 0.717) is 6.54 Å². The zero-order valence-electron chi connectivity index (χ0n) is 18.1. The smallest absolute Gasteiger partial charge is 0.318 e. The zero-order valence-corrected chi connectivity index (χ0v) is 18.1. The van der Waals surface area contributed by atoms with Gasteiger partial charge in [0.25, 0.3) is 0 Å². The van der Waals surface area contributed by atoms with Gasteiger partial charge in [-0.15, -0.1) is 0 Å². The molecule has 2 amide bonds. The number of anilines is 1. The van der Waals surface area contributed by atoms with Crippen molar-refractivity contribution in [2.75, 3.05) is 32.2 Å². The first-order valence-corrected chi connectivity index (χ1v) is 10.6. The number of nitrogens with zero attached hydrogens (tertiary/aromatic N) is 2. The molecular formula is C24H31N3O3. The molecule has 6 nitrogen and oxygen atoms in total. The first-order chi connectivity index (χ1) is 14.4. The monoisotopic (exact) mass is 409 g/mol. The Morgan fingerprint density at radius 3 is 2.53 bits per heavy atom. The van der Waals surface area contributed by atoms with E-state index in [1.807, 2.05) is 37.9 Å². The predicted molar refractivity (Wildman–Crippen MR) is 119 cm³/mol. The standard InChI is InChI=1S/C24H31N3O3/c1-15(2)25-24(29)27-12-11-19-22(14-28)26(3)21-10-7-17(13-20(21)23(19)27)16-5-8-18(30-4)9-6-16/h5-10,13,15,19,22-23,28H,11-12,14H2,1-4H3,(H,25,29)/t19-,22+,23-/m1/s1. The van der Waals surface area contributed by atoms with E-state index in [1.54, 1.807) is 7.11 Å². The number of benzene rings is 2. The fourth-order valence-electron chi connectivity index (χ4n) is 4.97. The van der Waals surface area contributed by atoms with E-state index in [2.05, 4.69) is 40.5 Å². The van der Waals surface area contributed by atoms with E-state index in [1.165, 1.54) is 0 Å². The van der Waals surface area contributed by atoms with Crippen LogP contribution in [-0.4, -0.2) is 55.4 Å². The molecule has 1 fully saturated rings. The van der Waals surface area contributed by atoms with Gasteiger partial charge in [0.2, 0.25) is 0 Å². The van der Waals surface area contributed by atoms with Gasteiger partial charge >= 0.3 is 6.03 Å². The molecule has 0 aliphatic carbocycles. The molecule has 0 bridgehead atoms. The Morgan fingerprint density at radius 2 is 1.90 bits per heavy atom. The second-order valence-electron chi connectivity index (χ2n) is 8.56. The minimum absolute atomic E-state index is 0.00573. The summed E-state index contributed by atoms with van der Waals surface area (Å²) < 4.78 is 5.28. The molecule has 2 aliphatic rings. The van der Waals surface area contributed by atoms with E-state index < -0.39 is 0 Å². The lowest BCUT2D eigenvalue weighted by Crippen LogP contribution is -2.50. The maximum absolute atomic E-state index is 12.9. The molecule has 0 saturated carbocycles. The van der Waals surface area contributed by atoms with Gasteiger partial charge in [0.1, 0.15) is 5.75 Å². The van der Waals surface area contributed by atoms with Crippen LogP contribution >= 0.6 is 0 Å². The van der Waals surface area contributed by atoms with E-state index in [0.717, 1.165) is 34.5 Å². The summed E-state index contributed by atoms with van der Waals surface area (Å²) in [7, 11) is 3.71. The largest absolute Gasteiger partial charge is 0.497 e. The molecule has 2 aromatic rings. The zero-order chi connectivity index (χ0) is 21.4. The lowest BCUT2D eigenvalue weighted by Gasteiger charge is -2.44. The van der Waals surface area contributed by atoms with Crippen LogP contribution in [0.25, 0.3) is 11.1 Å². The number of aliphatic hydroxyl groups is 1. The van der Waals surface area contributed by atoms with E-state index in [4.69, 9.17) is 4.74 Å². The number of rotatable bonds is 4. The van der Waals surface area contributed by atoms with E-state index in [-0.39, 0.29) is 36.7 Å². The summed E-state index contributed by atoms with van der Waals surface area (Å²) in [6, 6.07) is 14.5. The van der Waals surface area contributed by atoms with Crippen LogP contribution in [0.2, 0.25) is 0 Å². The quantitative estimate of drug-likeness (QED) is 0.809. The number of aliphatic hydroxyl groups excluding tert-OH is 1. The molecule has 0 spiro atoms. The van der Waals surface area contributed by atoms with Crippen molar-refractivity contribution in [1.29, 1.82) is 0 Å². The number of nitrogens with one attached hydrogen (secondary N) is 1. The van der Waals surface area contributed by atoms with Crippen molar-refractivity contribution in [2.45, 2.75) is 38.4 Å². The number of urea groups is 1. The van der Waals surface area contributed by atoms with Crippen molar-refractivity contribution in [3.8, 4) is 16.9 Å². The SMILES string of the molecule is COc1ccc(-c2ccc3c(c2)[C@H]2[C@H](CCN2C(=O)NC(C)C)[C@H](CO)N3C)cc1. The molecule has 0 radical (unpaired) electrons. The average molecular weight is 410 g/mol. The molecule has 2 N–H and O–H groups in total. The summed E-state index contributed by atoms with van der Waals surface area (Å²) >= 11 is 0. The Morgan fingerprint density at radius 1 is 1.20 bits per heavy atom. The fourth-order valence-corrected chi connectivity index (χ4v) is 4.97. The molecule has 4 rings (SSSR count). The Labute approximate surface area is 178 Å². The van der Waals surface area contributed by atoms with Crippen LogP contribution in [0.3, 0.4) is 0 Å². The number of amides is 2. The van der Waals surface area contributed by atoms with Crippen molar-refractivity contribution < 1.29 is 14.6 Å². The minimum Gasteiger partial charge on any atom is -0.497 e. The number of carbonyl (C=O) groups excluding carboxylic acids is 1. The number of fused-ring (bicyclic) bond motifs is 3. The molecule has 6 heteroatoms. The highest BCUT2D eigenvalue weighted by molar-refractivity contribution is 5.78. The number of hydrogen-bond acceptors (Lipinski definition) is 4. The minimum atomic E-state index is -0.0368. The fraction of sp³-hybridized carbons (Fsp3) is 0.458. The molecule has 30 heavy (non-hydrogen) atoms. The second kappa shape index (κ2) is 8.19. The molecular weight excluding hydrogens is 378 g/mol. The van der Waals surface area contributed by atoms with Gasteiger partial charge in [0.15, 0.2) is 0 Å². The topological polar surface area (TPSA) is 65.0 Å². The molecule has 2 aliphatic heterocycles. The predicted octanol–water partition coefficient (Wildman–Crippen LogP) is 3.65. The van der Waals surface area contributed by atoms with Crippen LogP contribution < -0.4 is 15.0 Å². The maximum atomic E-state index is 12.9. The first-order valence-electron chi connectivity index (χ1n) is 10.6.